The van der Waals surface area contributed by atoms with E-state index in [-0.39, 0.29) is 17.8 Å². The Morgan fingerprint density at radius 3 is 3.00 bits per heavy atom. The number of hydrogen-bond donors (Lipinski definition) is 2. The number of nitrogens with one attached hydrogen (secondary N) is 1. The summed E-state index contributed by atoms with van der Waals surface area (Å²) in [5, 5.41) is 11.8. The lowest BCUT2D eigenvalue weighted by molar-refractivity contribution is -0.117. The second-order valence-corrected chi connectivity index (χ2v) is 3.19. The molecule has 1 fully saturated rings. The summed E-state index contributed by atoms with van der Waals surface area (Å²) in [4.78, 5) is 11.3. The van der Waals surface area contributed by atoms with Gasteiger partial charge in [0.05, 0.1) is 18.5 Å². The molecule has 0 radical (unpaired) electrons. The molecule has 0 spiro atoms. The van der Waals surface area contributed by atoms with Gasteiger partial charge < -0.3 is 15.2 Å². The number of allylic oxidation sites excluding steroid dienone is 3. The first-order valence-corrected chi connectivity index (χ1v) is 4.24. The molecule has 1 atom stereocenters. The quantitative estimate of drug-likeness (QED) is 0.614. The van der Waals surface area contributed by atoms with Crippen molar-refractivity contribution in [2.24, 2.45) is 0 Å². The van der Waals surface area contributed by atoms with Crippen LogP contribution in [0.2, 0.25) is 0 Å². The predicted octanol–water partition coefficient (Wildman–Crippen LogP) is 0.273. The maximum absolute atomic E-state index is 11.3. The Morgan fingerprint density at radius 2 is 2.46 bits per heavy atom. The second kappa shape index (κ2) is 3.22. The summed E-state index contributed by atoms with van der Waals surface area (Å²) in [7, 11) is 0. The third-order valence-corrected chi connectivity index (χ3v) is 2.03. The first-order valence-electron chi connectivity index (χ1n) is 4.24. The number of aliphatic hydroxyl groups excluding tert-OH is 1. The van der Waals surface area contributed by atoms with Crippen molar-refractivity contribution in [3.05, 3.63) is 23.5 Å². The molecule has 0 aromatic carbocycles. The van der Waals surface area contributed by atoms with Crippen LogP contribution < -0.4 is 5.32 Å². The minimum absolute atomic E-state index is 0.115. The van der Waals surface area contributed by atoms with Crippen LogP contribution in [0.5, 0.6) is 0 Å². The molecule has 1 heterocycles. The van der Waals surface area contributed by atoms with E-state index in [1.807, 2.05) is 0 Å². The standard InChI is InChI=1S/C9H11NO3/c11-7-2-1-6(3-7)9(12)10-4-8-5-13-8/h1-2,8,11H,3-5H2,(H,10,12)/t8-/m0/s1. The Morgan fingerprint density at radius 1 is 1.69 bits per heavy atom. The summed E-state index contributed by atoms with van der Waals surface area (Å²) in [5.41, 5.74) is 0.609. The molecule has 2 rings (SSSR count). The lowest BCUT2D eigenvalue weighted by Gasteiger charge is -2.03. The summed E-state index contributed by atoms with van der Waals surface area (Å²) in [6.45, 7) is 1.31. The summed E-state index contributed by atoms with van der Waals surface area (Å²) < 4.78 is 4.95. The molecule has 2 N–H and O–H groups in total. The van der Waals surface area contributed by atoms with Gasteiger partial charge in [0.1, 0.15) is 0 Å². The van der Waals surface area contributed by atoms with E-state index < -0.39 is 0 Å². The summed E-state index contributed by atoms with van der Waals surface area (Å²) in [6.07, 6.45) is 3.73. The Kier molecular flexibility index (Phi) is 2.06. The Balaban J connectivity index is 1.77. The Bertz CT molecular complexity index is 289. The molecule has 1 amide bonds. The molecule has 0 aromatic rings. The lowest BCUT2D eigenvalue weighted by Crippen LogP contribution is -2.28. The van der Waals surface area contributed by atoms with E-state index in [9.17, 15) is 4.79 Å². The number of epoxide rings is 1. The fraction of sp³-hybridized carbons (Fsp3) is 0.444. The van der Waals surface area contributed by atoms with Gasteiger partial charge in [-0.25, -0.2) is 0 Å². The van der Waals surface area contributed by atoms with Gasteiger partial charge in [-0.3, -0.25) is 4.79 Å². The van der Waals surface area contributed by atoms with Crippen LogP contribution in [0.25, 0.3) is 0 Å². The highest BCUT2D eigenvalue weighted by Crippen LogP contribution is 2.16. The molecule has 1 saturated heterocycles. The van der Waals surface area contributed by atoms with Crippen molar-refractivity contribution in [2.45, 2.75) is 12.5 Å². The van der Waals surface area contributed by atoms with Crippen LogP contribution in [0.4, 0.5) is 0 Å². The van der Waals surface area contributed by atoms with E-state index >= 15 is 0 Å². The SMILES string of the molecule is O=C(NC[C@H]1CO1)C1=CC=C(O)C1. The molecule has 0 unspecified atom stereocenters. The number of rotatable bonds is 3. The molecule has 13 heavy (non-hydrogen) atoms. The number of amides is 1. The lowest BCUT2D eigenvalue weighted by atomic mass is 10.2. The number of ether oxygens (including phenoxy) is 1. The molecule has 1 aliphatic carbocycles. The molecule has 0 bridgehead atoms. The highest BCUT2D eigenvalue weighted by Gasteiger charge is 2.24. The van der Waals surface area contributed by atoms with Gasteiger partial charge in [-0.2, -0.15) is 0 Å². The van der Waals surface area contributed by atoms with Gasteiger partial charge in [0.2, 0.25) is 5.91 Å². The molecule has 2 aliphatic rings. The molecular weight excluding hydrogens is 170 g/mol. The first-order chi connectivity index (χ1) is 6.25. The summed E-state index contributed by atoms with van der Waals surface area (Å²) in [6, 6.07) is 0. The minimum Gasteiger partial charge on any atom is -0.512 e. The largest absolute Gasteiger partial charge is 0.512 e. The van der Waals surface area contributed by atoms with Crippen LogP contribution in [-0.2, 0) is 9.53 Å². The number of carbonyl (C=O) groups is 1. The van der Waals surface area contributed by atoms with E-state index in [2.05, 4.69) is 5.32 Å². The summed E-state index contributed by atoms with van der Waals surface area (Å²) in [5.74, 6) is 0.128. The molecule has 0 saturated carbocycles. The zero-order valence-electron chi connectivity index (χ0n) is 7.12. The zero-order valence-corrected chi connectivity index (χ0v) is 7.12. The molecule has 70 valence electrons. The smallest absolute Gasteiger partial charge is 0.247 e. The molecule has 4 heteroatoms. The van der Waals surface area contributed by atoms with Crippen molar-refractivity contribution in [3.8, 4) is 0 Å². The molecule has 1 aliphatic heterocycles. The van der Waals surface area contributed by atoms with Gasteiger partial charge in [0.25, 0.3) is 0 Å². The summed E-state index contributed by atoms with van der Waals surface area (Å²) >= 11 is 0. The third-order valence-electron chi connectivity index (χ3n) is 2.03. The predicted molar refractivity (Wildman–Crippen MR) is 46.2 cm³/mol. The van der Waals surface area contributed by atoms with E-state index in [0.717, 1.165) is 6.61 Å². The third kappa shape index (κ3) is 2.09. The average molecular weight is 181 g/mol. The Labute approximate surface area is 75.9 Å². The second-order valence-electron chi connectivity index (χ2n) is 3.19. The van der Waals surface area contributed by atoms with Crippen molar-refractivity contribution in [3.63, 3.8) is 0 Å². The van der Waals surface area contributed by atoms with Gasteiger partial charge in [-0.1, -0.05) is 0 Å². The van der Waals surface area contributed by atoms with Crippen LogP contribution in [0.1, 0.15) is 6.42 Å². The normalized spacial score (nSPS) is 25.1. The highest BCUT2D eigenvalue weighted by atomic mass is 16.6. The number of carbonyl (C=O) groups excluding carboxylic acids is 1. The van der Waals surface area contributed by atoms with Gasteiger partial charge in [-0.15, -0.1) is 0 Å². The zero-order chi connectivity index (χ0) is 9.26. The van der Waals surface area contributed by atoms with Gasteiger partial charge in [-0.05, 0) is 12.2 Å². The highest BCUT2D eigenvalue weighted by molar-refractivity contribution is 5.94. The van der Waals surface area contributed by atoms with E-state index in [1.165, 1.54) is 0 Å². The van der Waals surface area contributed by atoms with Crippen molar-refractivity contribution in [2.75, 3.05) is 13.2 Å². The van der Waals surface area contributed by atoms with Crippen molar-refractivity contribution >= 4 is 5.91 Å². The number of hydrogen-bond acceptors (Lipinski definition) is 3. The van der Waals surface area contributed by atoms with E-state index in [4.69, 9.17) is 9.84 Å². The molecule has 0 aromatic heterocycles. The number of aliphatic hydroxyl groups is 1. The van der Waals surface area contributed by atoms with Gasteiger partial charge in [0.15, 0.2) is 0 Å². The monoisotopic (exact) mass is 181 g/mol. The average Bonchev–Trinajstić information content (AvgIpc) is 2.84. The first kappa shape index (κ1) is 8.31. The fourth-order valence-electron chi connectivity index (χ4n) is 1.17. The van der Waals surface area contributed by atoms with E-state index in [1.54, 1.807) is 12.2 Å². The van der Waals surface area contributed by atoms with Crippen molar-refractivity contribution in [1.82, 2.24) is 5.32 Å². The minimum atomic E-state index is -0.115. The van der Waals surface area contributed by atoms with Gasteiger partial charge >= 0.3 is 0 Å². The molecular formula is C9H11NO3. The van der Waals surface area contributed by atoms with Crippen LogP contribution in [-0.4, -0.2) is 30.3 Å². The fourth-order valence-corrected chi connectivity index (χ4v) is 1.17. The van der Waals surface area contributed by atoms with Gasteiger partial charge in [0, 0.05) is 18.5 Å². The molecule has 4 nitrogen and oxygen atoms in total. The van der Waals surface area contributed by atoms with Crippen LogP contribution in [0.3, 0.4) is 0 Å². The van der Waals surface area contributed by atoms with E-state index in [0.29, 0.717) is 18.5 Å². The maximum atomic E-state index is 11.3. The van der Waals surface area contributed by atoms with Crippen molar-refractivity contribution in [1.29, 1.82) is 0 Å². The van der Waals surface area contributed by atoms with Crippen molar-refractivity contribution < 1.29 is 14.6 Å². The topological polar surface area (TPSA) is 61.9 Å². The van der Waals surface area contributed by atoms with Crippen LogP contribution >= 0.6 is 0 Å². The van der Waals surface area contributed by atoms with Crippen LogP contribution in [0, 0.1) is 0 Å². The van der Waals surface area contributed by atoms with Crippen LogP contribution in [0.15, 0.2) is 23.5 Å². The maximum Gasteiger partial charge on any atom is 0.247 e. The Hall–Kier alpha value is -1.29.